The maximum atomic E-state index is 14.1. The van der Waals surface area contributed by atoms with Crippen molar-refractivity contribution >= 4 is 27.5 Å². The smallest absolute Gasteiger partial charge is 0.244 e. The average Bonchev–Trinajstić information content (AvgIpc) is 2.89. The van der Waals surface area contributed by atoms with Crippen LogP contribution in [0.4, 0.5) is 5.69 Å². The molecular formula is C31H39N3O4S. The molecule has 0 saturated carbocycles. The molecule has 3 aromatic carbocycles. The lowest BCUT2D eigenvalue weighted by Crippen LogP contribution is -2.53. The third-order valence-corrected chi connectivity index (χ3v) is 7.61. The van der Waals surface area contributed by atoms with Gasteiger partial charge in [-0.2, -0.15) is 0 Å². The van der Waals surface area contributed by atoms with Gasteiger partial charge in [-0.25, -0.2) is 8.42 Å². The monoisotopic (exact) mass is 549 g/mol. The first-order valence-electron chi connectivity index (χ1n) is 13.3. The van der Waals surface area contributed by atoms with Crippen molar-refractivity contribution in [1.29, 1.82) is 0 Å². The summed E-state index contributed by atoms with van der Waals surface area (Å²) in [6, 6.07) is 23.6. The van der Waals surface area contributed by atoms with Gasteiger partial charge >= 0.3 is 0 Å². The first-order valence-corrected chi connectivity index (χ1v) is 15.1. The second-order valence-electron chi connectivity index (χ2n) is 9.97. The highest BCUT2D eigenvalue weighted by atomic mass is 32.2. The number of anilines is 1. The zero-order valence-electron chi connectivity index (χ0n) is 23.3. The van der Waals surface area contributed by atoms with Crippen molar-refractivity contribution < 1.29 is 18.0 Å². The Morgan fingerprint density at radius 1 is 0.872 bits per heavy atom. The molecule has 0 aromatic heterocycles. The summed E-state index contributed by atoms with van der Waals surface area (Å²) >= 11 is 0. The first kappa shape index (κ1) is 29.9. The second kappa shape index (κ2) is 13.9. The minimum atomic E-state index is -3.79. The van der Waals surface area contributed by atoms with Crippen LogP contribution in [0.3, 0.4) is 0 Å². The van der Waals surface area contributed by atoms with Crippen molar-refractivity contribution in [3.63, 3.8) is 0 Å². The third kappa shape index (κ3) is 8.96. The number of carbonyl (C=O) groups excluding carboxylic acids is 2. The van der Waals surface area contributed by atoms with E-state index in [-0.39, 0.29) is 12.5 Å². The molecule has 208 valence electrons. The zero-order valence-corrected chi connectivity index (χ0v) is 24.1. The van der Waals surface area contributed by atoms with Crippen molar-refractivity contribution in [2.45, 2.75) is 52.6 Å². The zero-order chi connectivity index (χ0) is 28.4. The van der Waals surface area contributed by atoms with Crippen LogP contribution in [-0.2, 0) is 32.6 Å². The number of aryl methyl sites for hydroxylation is 2. The molecule has 0 radical (unpaired) electrons. The summed E-state index contributed by atoms with van der Waals surface area (Å²) in [5, 5.41) is 2.99. The summed E-state index contributed by atoms with van der Waals surface area (Å²) in [4.78, 5) is 29.1. The van der Waals surface area contributed by atoms with E-state index in [1.54, 1.807) is 12.1 Å². The van der Waals surface area contributed by atoms with Crippen LogP contribution in [-0.4, -0.2) is 50.5 Å². The number of nitrogens with zero attached hydrogens (tertiary/aromatic N) is 2. The molecule has 2 amide bonds. The van der Waals surface area contributed by atoms with Crippen molar-refractivity contribution in [2.24, 2.45) is 0 Å². The number of hydrogen-bond donors (Lipinski definition) is 1. The normalized spacial score (nSPS) is 12.0. The van der Waals surface area contributed by atoms with Gasteiger partial charge < -0.3 is 10.2 Å². The maximum Gasteiger partial charge on any atom is 0.244 e. The maximum absolute atomic E-state index is 14.1. The van der Waals surface area contributed by atoms with E-state index in [9.17, 15) is 18.0 Å². The van der Waals surface area contributed by atoms with E-state index in [0.717, 1.165) is 45.7 Å². The fraction of sp³-hybridized carbons (Fsp3) is 0.355. The minimum absolute atomic E-state index is 0.169. The van der Waals surface area contributed by atoms with Gasteiger partial charge in [-0.05, 0) is 54.7 Å². The quantitative estimate of drug-likeness (QED) is 0.315. The number of benzene rings is 3. The minimum Gasteiger partial charge on any atom is -0.354 e. The fourth-order valence-corrected chi connectivity index (χ4v) is 5.38. The summed E-state index contributed by atoms with van der Waals surface area (Å²) in [6.45, 7) is 6.08. The van der Waals surface area contributed by atoms with Gasteiger partial charge in [0.05, 0.1) is 11.9 Å². The van der Waals surface area contributed by atoms with Gasteiger partial charge in [0.2, 0.25) is 21.8 Å². The molecule has 0 spiro atoms. The number of amides is 2. The molecule has 0 saturated heterocycles. The Labute approximate surface area is 232 Å². The lowest BCUT2D eigenvalue weighted by molar-refractivity contribution is -0.140. The molecule has 1 atom stereocenters. The van der Waals surface area contributed by atoms with Crippen molar-refractivity contribution in [3.05, 3.63) is 101 Å². The van der Waals surface area contributed by atoms with Crippen molar-refractivity contribution in [2.75, 3.05) is 23.7 Å². The van der Waals surface area contributed by atoms with Gasteiger partial charge in [-0.1, -0.05) is 80.1 Å². The Hall–Kier alpha value is -3.65. The predicted molar refractivity (Wildman–Crippen MR) is 157 cm³/mol. The van der Waals surface area contributed by atoms with Gasteiger partial charge in [-0.15, -0.1) is 0 Å². The molecule has 0 heterocycles. The average molecular weight is 550 g/mol. The number of sulfonamides is 1. The molecule has 0 fully saturated rings. The molecule has 7 nitrogen and oxygen atoms in total. The van der Waals surface area contributed by atoms with Crippen LogP contribution >= 0.6 is 0 Å². The Morgan fingerprint density at radius 3 is 1.97 bits per heavy atom. The SMILES string of the molecule is CCCCNC(=O)[C@H](Cc1ccccc1)N(Cc1ccccc1)C(=O)CN(c1cc(C)cc(C)c1)S(C)(=O)=O. The molecular weight excluding hydrogens is 510 g/mol. The van der Waals surface area contributed by atoms with Crippen LogP contribution in [0.5, 0.6) is 0 Å². The van der Waals surface area contributed by atoms with E-state index in [4.69, 9.17) is 0 Å². The summed E-state index contributed by atoms with van der Waals surface area (Å²) in [5.74, 6) is -0.705. The van der Waals surface area contributed by atoms with E-state index < -0.39 is 28.5 Å². The molecule has 39 heavy (non-hydrogen) atoms. The van der Waals surface area contributed by atoms with E-state index in [0.29, 0.717) is 18.7 Å². The third-order valence-electron chi connectivity index (χ3n) is 6.47. The van der Waals surface area contributed by atoms with Gasteiger partial charge in [0.25, 0.3) is 0 Å². The van der Waals surface area contributed by atoms with Gasteiger partial charge in [0.15, 0.2) is 0 Å². The van der Waals surface area contributed by atoms with Gasteiger partial charge in [0.1, 0.15) is 12.6 Å². The van der Waals surface area contributed by atoms with Crippen LogP contribution < -0.4 is 9.62 Å². The number of nitrogens with one attached hydrogen (secondary N) is 1. The van der Waals surface area contributed by atoms with Crippen molar-refractivity contribution in [3.8, 4) is 0 Å². The fourth-order valence-electron chi connectivity index (χ4n) is 4.55. The second-order valence-corrected chi connectivity index (χ2v) is 11.9. The van der Waals surface area contributed by atoms with E-state index >= 15 is 0 Å². The number of hydrogen-bond acceptors (Lipinski definition) is 4. The number of carbonyl (C=O) groups is 2. The summed E-state index contributed by atoms with van der Waals surface area (Å²) in [7, 11) is -3.79. The van der Waals surface area contributed by atoms with E-state index in [1.165, 1.54) is 4.90 Å². The molecule has 0 aliphatic carbocycles. The highest BCUT2D eigenvalue weighted by Gasteiger charge is 2.33. The van der Waals surface area contributed by atoms with Gasteiger partial charge in [0, 0.05) is 19.5 Å². The molecule has 0 aliphatic rings. The van der Waals surface area contributed by atoms with Gasteiger partial charge in [-0.3, -0.25) is 13.9 Å². The predicted octanol–water partition coefficient (Wildman–Crippen LogP) is 4.63. The molecule has 0 aliphatic heterocycles. The summed E-state index contributed by atoms with van der Waals surface area (Å²) in [6.07, 6.45) is 3.15. The molecule has 1 N–H and O–H groups in total. The van der Waals surface area contributed by atoms with E-state index in [2.05, 4.69) is 5.32 Å². The molecule has 3 rings (SSSR count). The van der Waals surface area contributed by atoms with Crippen molar-refractivity contribution in [1.82, 2.24) is 10.2 Å². The summed E-state index contributed by atoms with van der Waals surface area (Å²) in [5.41, 5.74) is 3.97. The number of unbranched alkanes of at least 4 members (excludes halogenated alkanes) is 1. The highest BCUT2D eigenvalue weighted by Crippen LogP contribution is 2.23. The van der Waals surface area contributed by atoms with E-state index in [1.807, 2.05) is 87.5 Å². The largest absolute Gasteiger partial charge is 0.354 e. The van der Waals surface area contributed by atoms with Crippen LogP contribution in [0.2, 0.25) is 0 Å². The molecule has 0 bridgehead atoms. The van der Waals surface area contributed by atoms with Crippen LogP contribution in [0.1, 0.15) is 42.0 Å². The van der Waals surface area contributed by atoms with Crippen LogP contribution in [0.15, 0.2) is 78.9 Å². The Balaban J connectivity index is 2.03. The lowest BCUT2D eigenvalue weighted by Gasteiger charge is -2.33. The highest BCUT2D eigenvalue weighted by molar-refractivity contribution is 7.92. The molecule has 0 unspecified atom stereocenters. The van der Waals surface area contributed by atoms with Crippen LogP contribution in [0, 0.1) is 13.8 Å². The molecule has 3 aromatic rings. The Kier molecular flexibility index (Phi) is 10.7. The lowest BCUT2D eigenvalue weighted by atomic mass is 10.0. The Morgan fingerprint density at radius 2 is 1.44 bits per heavy atom. The summed E-state index contributed by atoms with van der Waals surface area (Å²) < 4.78 is 27.0. The number of rotatable bonds is 13. The Bertz CT molecular complexity index is 1320. The molecule has 8 heteroatoms. The topological polar surface area (TPSA) is 86.8 Å². The standard InChI is InChI=1S/C31H39N3O4S/c1-5-6-17-32-31(36)29(21-26-13-9-7-10-14-26)33(22-27-15-11-8-12-16-27)30(35)23-34(39(4,37)38)28-19-24(2)18-25(3)20-28/h7-16,18-20,29H,5-6,17,21-23H2,1-4H3,(H,32,36)/t29-/m0/s1. The first-order chi connectivity index (χ1) is 18.6. The van der Waals surface area contributed by atoms with Crippen LogP contribution in [0.25, 0.3) is 0 Å².